The molecule has 2 aromatic heterocycles. The fourth-order valence-electron chi connectivity index (χ4n) is 2.92. The molecule has 0 aliphatic rings. The molecule has 138 valence electrons. The van der Waals surface area contributed by atoms with Crippen LogP contribution in [-0.2, 0) is 0 Å². The molecule has 3 aromatic rings. The van der Waals surface area contributed by atoms with E-state index in [1.54, 1.807) is 54.2 Å². The number of allylic oxidation sites excluding steroid dienone is 1. The highest BCUT2D eigenvalue weighted by molar-refractivity contribution is 6.10. The number of amides is 1. The molecule has 7 N–H and O–H groups in total. The minimum absolute atomic E-state index is 0.0769. The Morgan fingerprint density at radius 1 is 1.26 bits per heavy atom. The maximum absolute atomic E-state index is 12.1. The average molecular weight is 364 g/mol. The summed E-state index contributed by atoms with van der Waals surface area (Å²) >= 11 is 0. The van der Waals surface area contributed by atoms with Crippen molar-refractivity contribution in [3.63, 3.8) is 0 Å². The summed E-state index contributed by atoms with van der Waals surface area (Å²) in [5.41, 5.74) is 21.2. The number of pyridine rings is 1. The normalized spacial score (nSPS) is 12.1. The van der Waals surface area contributed by atoms with Crippen LogP contribution < -0.4 is 17.2 Å². The second-order valence-electron chi connectivity index (χ2n) is 6.02. The Balaban J connectivity index is 2.35. The number of aromatic hydroxyl groups is 1. The molecule has 0 radical (unpaired) electrons. The number of hydrogen-bond donors (Lipinski definition) is 4. The topological polar surface area (TPSA) is 146 Å². The van der Waals surface area contributed by atoms with Gasteiger partial charge in [-0.1, -0.05) is 6.07 Å². The lowest BCUT2D eigenvalue weighted by atomic mass is 10.2. The van der Waals surface area contributed by atoms with E-state index in [9.17, 15) is 9.90 Å². The zero-order valence-electron chi connectivity index (χ0n) is 15.0. The smallest absolute Gasteiger partial charge is 0.254 e. The van der Waals surface area contributed by atoms with Gasteiger partial charge in [-0.2, -0.15) is 0 Å². The number of aromatic nitrogens is 2. The molecule has 0 unspecified atom stereocenters. The van der Waals surface area contributed by atoms with Crippen molar-refractivity contribution in [1.82, 2.24) is 9.55 Å². The highest BCUT2D eigenvalue weighted by Crippen LogP contribution is 2.33. The Morgan fingerprint density at radius 3 is 2.67 bits per heavy atom. The molecule has 8 heteroatoms. The van der Waals surface area contributed by atoms with Crippen molar-refractivity contribution in [2.75, 3.05) is 12.8 Å². The Labute approximate surface area is 155 Å². The standard InChI is InChI=1S/C19H20N6O2/c1-10-3-4-11(26)9-15(10)25-14-6-5-13(12(20)7-8-23-2)24-17(14)16(18(25)21)19(22)27/h3-9,26H,20-21H2,1-2H3,(H2,22,27)/b12-7-,23-8?. The van der Waals surface area contributed by atoms with Crippen LogP contribution in [0.1, 0.15) is 21.6 Å². The monoisotopic (exact) mass is 364 g/mol. The second-order valence-corrected chi connectivity index (χ2v) is 6.02. The number of hydrogen-bond acceptors (Lipinski definition) is 6. The maximum atomic E-state index is 12.1. The van der Waals surface area contributed by atoms with Gasteiger partial charge in [-0.3, -0.25) is 14.4 Å². The van der Waals surface area contributed by atoms with E-state index in [2.05, 4.69) is 9.98 Å². The number of fused-ring (bicyclic) bond motifs is 1. The third-order valence-electron chi connectivity index (χ3n) is 4.23. The Hall–Kier alpha value is -3.81. The van der Waals surface area contributed by atoms with E-state index < -0.39 is 5.91 Å². The zero-order valence-corrected chi connectivity index (χ0v) is 15.0. The molecular weight excluding hydrogens is 344 g/mol. The van der Waals surface area contributed by atoms with Gasteiger partial charge in [-0.25, -0.2) is 4.98 Å². The molecule has 0 atom stereocenters. The van der Waals surface area contributed by atoms with E-state index in [0.29, 0.717) is 28.1 Å². The summed E-state index contributed by atoms with van der Waals surface area (Å²) in [7, 11) is 1.63. The van der Waals surface area contributed by atoms with E-state index in [4.69, 9.17) is 17.2 Å². The first-order valence-corrected chi connectivity index (χ1v) is 8.14. The van der Waals surface area contributed by atoms with Crippen molar-refractivity contribution in [3.8, 4) is 11.4 Å². The van der Waals surface area contributed by atoms with E-state index in [1.165, 1.54) is 0 Å². The number of nitrogens with zero attached hydrogens (tertiary/aromatic N) is 3. The van der Waals surface area contributed by atoms with Gasteiger partial charge >= 0.3 is 0 Å². The van der Waals surface area contributed by atoms with Crippen molar-refractivity contribution >= 4 is 34.7 Å². The summed E-state index contributed by atoms with van der Waals surface area (Å²) in [6.07, 6.45) is 3.16. The van der Waals surface area contributed by atoms with Crippen molar-refractivity contribution in [2.45, 2.75) is 6.92 Å². The molecular formula is C19H20N6O2. The van der Waals surface area contributed by atoms with Crippen LogP contribution in [-0.4, -0.2) is 33.8 Å². The van der Waals surface area contributed by atoms with Gasteiger partial charge in [0.05, 0.1) is 22.6 Å². The minimum Gasteiger partial charge on any atom is -0.508 e. The Morgan fingerprint density at radius 2 is 2.00 bits per heavy atom. The van der Waals surface area contributed by atoms with Gasteiger partial charge < -0.3 is 22.3 Å². The van der Waals surface area contributed by atoms with Crippen LogP contribution >= 0.6 is 0 Å². The fraction of sp³-hybridized carbons (Fsp3) is 0.105. The van der Waals surface area contributed by atoms with Crippen molar-refractivity contribution in [3.05, 3.63) is 53.2 Å². The number of nitrogens with two attached hydrogens (primary N) is 3. The molecule has 1 amide bonds. The number of nitrogen functional groups attached to an aromatic ring is 1. The van der Waals surface area contributed by atoms with Crippen molar-refractivity contribution in [1.29, 1.82) is 0 Å². The van der Waals surface area contributed by atoms with Crippen LogP contribution in [0.15, 0.2) is 41.4 Å². The molecule has 0 aliphatic carbocycles. The number of rotatable bonds is 4. The van der Waals surface area contributed by atoms with Gasteiger partial charge in [-0.15, -0.1) is 0 Å². The molecule has 0 bridgehead atoms. The number of aliphatic imine (C=N–C) groups is 1. The molecule has 2 heterocycles. The molecule has 8 nitrogen and oxygen atoms in total. The highest BCUT2D eigenvalue weighted by Gasteiger charge is 2.22. The van der Waals surface area contributed by atoms with Crippen LogP contribution in [0, 0.1) is 6.92 Å². The number of phenolic OH excluding ortho intramolecular Hbond substituents is 1. The first kappa shape index (κ1) is 18.0. The quantitative estimate of drug-likeness (QED) is 0.521. The lowest BCUT2D eigenvalue weighted by molar-refractivity contribution is 0.100. The molecule has 0 spiro atoms. The Bertz CT molecular complexity index is 1110. The first-order chi connectivity index (χ1) is 12.8. The third kappa shape index (κ3) is 3.08. The number of carbonyl (C=O) groups is 1. The zero-order chi connectivity index (χ0) is 19.7. The lowest BCUT2D eigenvalue weighted by Gasteiger charge is -2.12. The van der Waals surface area contributed by atoms with E-state index >= 15 is 0 Å². The predicted molar refractivity (Wildman–Crippen MR) is 107 cm³/mol. The van der Waals surface area contributed by atoms with E-state index in [-0.39, 0.29) is 17.1 Å². The summed E-state index contributed by atoms with van der Waals surface area (Å²) in [5.74, 6) is -0.474. The summed E-state index contributed by atoms with van der Waals surface area (Å²) in [6, 6.07) is 8.37. The largest absolute Gasteiger partial charge is 0.508 e. The number of phenols is 1. The molecule has 1 aromatic carbocycles. The first-order valence-electron chi connectivity index (χ1n) is 8.14. The van der Waals surface area contributed by atoms with E-state index in [0.717, 1.165) is 5.56 Å². The van der Waals surface area contributed by atoms with Crippen LogP contribution in [0.25, 0.3) is 22.4 Å². The average Bonchev–Trinajstić information content (AvgIpc) is 2.92. The lowest BCUT2D eigenvalue weighted by Crippen LogP contribution is -2.14. The van der Waals surface area contributed by atoms with Gasteiger partial charge in [0.15, 0.2) is 0 Å². The summed E-state index contributed by atoms with van der Waals surface area (Å²) in [6.45, 7) is 1.87. The minimum atomic E-state index is -0.698. The second kappa shape index (κ2) is 6.83. The molecule has 0 saturated heterocycles. The molecule has 3 rings (SSSR count). The summed E-state index contributed by atoms with van der Waals surface area (Å²) in [4.78, 5) is 20.4. The number of benzene rings is 1. The van der Waals surface area contributed by atoms with Crippen LogP contribution in [0.3, 0.4) is 0 Å². The van der Waals surface area contributed by atoms with Crippen LogP contribution in [0.4, 0.5) is 5.82 Å². The SMILES string of the molecule is CN=C/C=C(\N)c1ccc2c(n1)c(C(N)=O)c(N)n2-c1cc(O)ccc1C. The van der Waals surface area contributed by atoms with Gasteiger partial charge in [0, 0.05) is 19.3 Å². The van der Waals surface area contributed by atoms with Gasteiger partial charge in [0.2, 0.25) is 0 Å². The number of anilines is 1. The molecule has 0 saturated carbocycles. The number of carbonyl (C=O) groups excluding carboxylic acids is 1. The Kier molecular flexibility index (Phi) is 4.55. The molecule has 0 fully saturated rings. The van der Waals surface area contributed by atoms with Crippen LogP contribution in [0.2, 0.25) is 0 Å². The van der Waals surface area contributed by atoms with Gasteiger partial charge in [0.25, 0.3) is 5.91 Å². The maximum Gasteiger partial charge on any atom is 0.254 e. The molecule has 0 aliphatic heterocycles. The molecule has 27 heavy (non-hydrogen) atoms. The summed E-state index contributed by atoms with van der Waals surface area (Å²) < 4.78 is 1.65. The predicted octanol–water partition coefficient (Wildman–Crippen LogP) is 1.72. The number of aryl methyl sites for hydroxylation is 1. The third-order valence-corrected chi connectivity index (χ3v) is 4.23. The van der Waals surface area contributed by atoms with Gasteiger partial charge in [-0.05, 0) is 36.8 Å². The highest BCUT2D eigenvalue weighted by atomic mass is 16.3. The fourth-order valence-corrected chi connectivity index (χ4v) is 2.92. The van der Waals surface area contributed by atoms with Crippen LogP contribution in [0.5, 0.6) is 5.75 Å². The summed E-state index contributed by atoms with van der Waals surface area (Å²) in [5, 5.41) is 9.88. The van der Waals surface area contributed by atoms with E-state index in [1.807, 2.05) is 6.92 Å². The van der Waals surface area contributed by atoms with Crippen molar-refractivity contribution in [2.24, 2.45) is 16.5 Å². The van der Waals surface area contributed by atoms with Crippen molar-refractivity contribution < 1.29 is 9.90 Å². The number of primary amides is 1. The van der Waals surface area contributed by atoms with Gasteiger partial charge in [0.1, 0.15) is 22.6 Å².